The number of fused-ring (bicyclic) bond motifs is 1. The van der Waals surface area contributed by atoms with Gasteiger partial charge in [-0.15, -0.1) is 0 Å². The number of benzene rings is 2. The fourth-order valence-corrected chi connectivity index (χ4v) is 2.84. The Labute approximate surface area is 127 Å². The molecule has 2 N–H and O–H groups in total. The van der Waals surface area contributed by atoms with Gasteiger partial charge in [0.05, 0.1) is 5.92 Å². The molecule has 1 unspecified atom stereocenters. The first-order valence-electron chi connectivity index (χ1n) is 6.67. The zero-order chi connectivity index (χ0) is 15.0. The SMILES string of the molecule is CC(C(=O)O)c1ccc2[nH]ccc2c1-c1ccccc1Cl. The molecule has 0 spiro atoms. The van der Waals surface area contributed by atoms with Crippen molar-refractivity contribution in [1.29, 1.82) is 0 Å². The van der Waals surface area contributed by atoms with Crippen LogP contribution in [0.1, 0.15) is 18.4 Å². The van der Waals surface area contributed by atoms with Crippen molar-refractivity contribution >= 4 is 28.5 Å². The van der Waals surface area contributed by atoms with Gasteiger partial charge in [-0.25, -0.2) is 0 Å². The summed E-state index contributed by atoms with van der Waals surface area (Å²) in [6.07, 6.45) is 1.85. The first kappa shape index (κ1) is 13.7. The van der Waals surface area contributed by atoms with Crippen LogP contribution in [0.4, 0.5) is 0 Å². The highest BCUT2D eigenvalue weighted by atomic mass is 35.5. The van der Waals surface area contributed by atoms with Gasteiger partial charge in [0.25, 0.3) is 0 Å². The molecular weight excluding hydrogens is 286 g/mol. The Morgan fingerprint density at radius 1 is 1.19 bits per heavy atom. The number of carboxylic acid groups (broad SMARTS) is 1. The molecule has 4 heteroatoms. The van der Waals surface area contributed by atoms with E-state index in [0.717, 1.165) is 27.6 Å². The predicted molar refractivity (Wildman–Crippen MR) is 84.8 cm³/mol. The summed E-state index contributed by atoms with van der Waals surface area (Å²) in [4.78, 5) is 14.6. The number of carbonyl (C=O) groups is 1. The molecule has 1 heterocycles. The molecule has 3 nitrogen and oxygen atoms in total. The van der Waals surface area contributed by atoms with Crippen LogP contribution in [0.25, 0.3) is 22.0 Å². The highest BCUT2D eigenvalue weighted by Crippen LogP contribution is 2.39. The summed E-state index contributed by atoms with van der Waals surface area (Å²) in [7, 11) is 0. The number of rotatable bonds is 3. The zero-order valence-electron chi connectivity index (χ0n) is 11.4. The molecule has 3 aromatic rings. The maximum absolute atomic E-state index is 11.4. The number of hydrogen-bond acceptors (Lipinski definition) is 1. The Balaban J connectivity index is 2.37. The van der Waals surface area contributed by atoms with E-state index in [9.17, 15) is 9.90 Å². The summed E-state index contributed by atoms with van der Waals surface area (Å²) in [5.41, 5.74) is 3.47. The molecule has 0 aliphatic heterocycles. The number of aliphatic carboxylic acids is 1. The minimum Gasteiger partial charge on any atom is -0.481 e. The number of nitrogens with one attached hydrogen (secondary N) is 1. The fourth-order valence-electron chi connectivity index (χ4n) is 2.61. The summed E-state index contributed by atoms with van der Waals surface area (Å²) in [5, 5.41) is 11.0. The van der Waals surface area contributed by atoms with E-state index in [1.54, 1.807) is 6.92 Å². The summed E-state index contributed by atoms with van der Waals surface area (Å²) < 4.78 is 0. The lowest BCUT2D eigenvalue weighted by atomic mass is 9.89. The molecule has 0 bridgehead atoms. The molecule has 2 aromatic carbocycles. The van der Waals surface area contributed by atoms with Crippen molar-refractivity contribution in [2.24, 2.45) is 0 Å². The van der Waals surface area contributed by atoms with E-state index < -0.39 is 11.9 Å². The lowest BCUT2D eigenvalue weighted by Gasteiger charge is -2.16. The standard InChI is InChI=1S/C17H14ClNO2/c1-10(17(20)21)11-6-7-15-13(8-9-19-15)16(11)12-4-2-3-5-14(12)18/h2-10,19H,1H3,(H,20,21). The number of halogens is 1. The van der Waals surface area contributed by atoms with Gasteiger partial charge in [0.1, 0.15) is 0 Å². The van der Waals surface area contributed by atoms with Crippen molar-refractivity contribution in [3.63, 3.8) is 0 Å². The number of carboxylic acids is 1. The van der Waals surface area contributed by atoms with Gasteiger partial charge in [0, 0.05) is 27.7 Å². The van der Waals surface area contributed by atoms with E-state index >= 15 is 0 Å². The monoisotopic (exact) mass is 299 g/mol. The number of hydrogen-bond donors (Lipinski definition) is 2. The van der Waals surface area contributed by atoms with Crippen LogP contribution >= 0.6 is 11.6 Å². The molecule has 3 rings (SSSR count). The fraction of sp³-hybridized carbons (Fsp3) is 0.118. The van der Waals surface area contributed by atoms with E-state index in [1.165, 1.54) is 0 Å². The second-order valence-corrected chi connectivity index (χ2v) is 5.42. The lowest BCUT2D eigenvalue weighted by Crippen LogP contribution is -2.09. The van der Waals surface area contributed by atoms with E-state index in [0.29, 0.717) is 5.02 Å². The molecule has 106 valence electrons. The van der Waals surface area contributed by atoms with Crippen LogP contribution in [-0.4, -0.2) is 16.1 Å². The van der Waals surface area contributed by atoms with Gasteiger partial charge < -0.3 is 10.1 Å². The quantitative estimate of drug-likeness (QED) is 0.738. The molecule has 0 fully saturated rings. The van der Waals surface area contributed by atoms with Crippen molar-refractivity contribution < 1.29 is 9.90 Å². The number of H-pyrrole nitrogens is 1. The summed E-state index contributed by atoms with van der Waals surface area (Å²) in [6.45, 7) is 1.69. The Bertz CT molecular complexity index is 823. The smallest absolute Gasteiger partial charge is 0.310 e. The van der Waals surface area contributed by atoms with Gasteiger partial charge >= 0.3 is 5.97 Å². The second-order valence-electron chi connectivity index (χ2n) is 5.01. The van der Waals surface area contributed by atoms with Crippen LogP contribution in [0.15, 0.2) is 48.7 Å². The van der Waals surface area contributed by atoms with E-state index in [-0.39, 0.29) is 0 Å². The van der Waals surface area contributed by atoms with Gasteiger partial charge in [0.2, 0.25) is 0 Å². The zero-order valence-corrected chi connectivity index (χ0v) is 12.2. The largest absolute Gasteiger partial charge is 0.481 e. The third-order valence-electron chi connectivity index (χ3n) is 3.75. The highest BCUT2D eigenvalue weighted by Gasteiger charge is 2.21. The molecule has 0 aliphatic carbocycles. The van der Waals surface area contributed by atoms with E-state index in [1.807, 2.05) is 48.7 Å². The Morgan fingerprint density at radius 3 is 2.67 bits per heavy atom. The van der Waals surface area contributed by atoms with Gasteiger partial charge in [-0.05, 0) is 36.2 Å². The van der Waals surface area contributed by atoms with E-state index in [2.05, 4.69) is 4.98 Å². The molecule has 0 radical (unpaired) electrons. The van der Waals surface area contributed by atoms with Crippen LogP contribution in [0.2, 0.25) is 5.02 Å². The minimum atomic E-state index is -0.849. The molecule has 0 aliphatic rings. The topological polar surface area (TPSA) is 53.1 Å². The summed E-state index contributed by atoms with van der Waals surface area (Å²) in [6, 6.07) is 13.2. The number of aromatic nitrogens is 1. The Hall–Kier alpha value is -2.26. The first-order chi connectivity index (χ1) is 10.1. The third-order valence-corrected chi connectivity index (χ3v) is 4.08. The van der Waals surface area contributed by atoms with Gasteiger partial charge in [-0.2, -0.15) is 0 Å². The average molecular weight is 300 g/mol. The van der Waals surface area contributed by atoms with Crippen LogP contribution in [0.5, 0.6) is 0 Å². The highest BCUT2D eigenvalue weighted by molar-refractivity contribution is 6.33. The average Bonchev–Trinajstić information content (AvgIpc) is 2.94. The number of aromatic amines is 1. The minimum absolute atomic E-state index is 0.601. The first-order valence-corrected chi connectivity index (χ1v) is 7.05. The van der Waals surface area contributed by atoms with Gasteiger partial charge in [-0.1, -0.05) is 35.9 Å². The van der Waals surface area contributed by atoms with Crippen molar-refractivity contribution in [2.45, 2.75) is 12.8 Å². The van der Waals surface area contributed by atoms with Gasteiger partial charge in [0.15, 0.2) is 0 Å². The van der Waals surface area contributed by atoms with E-state index in [4.69, 9.17) is 11.6 Å². The maximum atomic E-state index is 11.4. The van der Waals surface area contributed by atoms with Crippen molar-refractivity contribution in [3.8, 4) is 11.1 Å². The van der Waals surface area contributed by atoms with Crippen LogP contribution in [0, 0.1) is 0 Å². The molecule has 0 amide bonds. The molecule has 1 aromatic heterocycles. The van der Waals surface area contributed by atoms with Crippen LogP contribution in [0.3, 0.4) is 0 Å². The lowest BCUT2D eigenvalue weighted by molar-refractivity contribution is -0.138. The summed E-state index contributed by atoms with van der Waals surface area (Å²) >= 11 is 6.32. The Morgan fingerprint density at radius 2 is 1.95 bits per heavy atom. The van der Waals surface area contributed by atoms with Crippen molar-refractivity contribution in [3.05, 3.63) is 59.2 Å². The molecule has 1 atom stereocenters. The molecular formula is C17H14ClNO2. The maximum Gasteiger partial charge on any atom is 0.310 e. The Kier molecular flexibility index (Phi) is 3.43. The van der Waals surface area contributed by atoms with Crippen molar-refractivity contribution in [1.82, 2.24) is 4.98 Å². The van der Waals surface area contributed by atoms with Crippen molar-refractivity contribution in [2.75, 3.05) is 0 Å². The molecule has 0 saturated carbocycles. The predicted octanol–water partition coefficient (Wildman–Crippen LogP) is 4.68. The van der Waals surface area contributed by atoms with Crippen LogP contribution in [-0.2, 0) is 4.79 Å². The molecule has 21 heavy (non-hydrogen) atoms. The summed E-state index contributed by atoms with van der Waals surface area (Å²) in [5.74, 6) is -1.45. The third kappa shape index (κ3) is 2.30. The molecule has 0 saturated heterocycles. The van der Waals surface area contributed by atoms with Gasteiger partial charge in [-0.3, -0.25) is 4.79 Å². The normalized spacial score (nSPS) is 12.5. The van der Waals surface area contributed by atoms with Crippen LogP contribution < -0.4 is 0 Å². The second kappa shape index (κ2) is 5.26.